The monoisotopic (exact) mass is 308 g/mol. The Morgan fingerprint density at radius 1 is 1.10 bits per heavy atom. The number of rotatable bonds is 8. The van der Waals surface area contributed by atoms with E-state index >= 15 is 0 Å². The minimum atomic E-state index is -0.0667. The number of carbonyl (C=O) groups is 1. The number of esters is 1. The maximum atomic E-state index is 11.2. The van der Waals surface area contributed by atoms with Crippen molar-refractivity contribution in [2.45, 2.75) is 63.7 Å². The zero-order chi connectivity index (χ0) is 15.7. The molecule has 0 unspecified atom stereocenters. The van der Waals surface area contributed by atoms with Crippen molar-refractivity contribution in [3.05, 3.63) is 29.8 Å². The molecule has 0 amide bonds. The van der Waals surface area contributed by atoms with E-state index < -0.39 is 0 Å². The summed E-state index contributed by atoms with van der Waals surface area (Å²) in [6.45, 7) is 9.04. The summed E-state index contributed by atoms with van der Waals surface area (Å²) in [6.07, 6.45) is 3.72. The third-order valence-corrected chi connectivity index (χ3v) is 4.42. The Morgan fingerprint density at radius 2 is 1.76 bits per heavy atom. The van der Waals surface area contributed by atoms with Crippen LogP contribution in [0.3, 0.4) is 0 Å². The SMILES string of the molecule is CCOC(=O)CCCCCSc1ccc(C(C)(C)C)cc1. The van der Waals surface area contributed by atoms with E-state index in [1.165, 1.54) is 10.5 Å². The van der Waals surface area contributed by atoms with Gasteiger partial charge in [0.05, 0.1) is 6.61 Å². The Bertz CT molecular complexity index is 418. The fourth-order valence-electron chi connectivity index (χ4n) is 2.02. The van der Waals surface area contributed by atoms with Crippen molar-refractivity contribution >= 4 is 17.7 Å². The van der Waals surface area contributed by atoms with Crippen LogP contribution in [0.1, 0.15) is 58.9 Å². The number of hydrogen-bond donors (Lipinski definition) is 0. The Balaban J connectivity index is 2.17. The lowest BCUT2D eigenvalue weighted by Gasteiger charge is -2.19. The average Bonchev–Trinajstić information content (AvgIpc) is 2.42. The van der Waals surface area contributed by atoms with Crippen LogP contribution in [0.25, 0.3) is 0 Å². The quantitative estimate of drug-likeness (QED) is 0.375. The van der Waals surface area contributed by atoms with Crippen LogP contribution in [0, 0.1) is 0 Å². The van der Waals surface area contributed by atoms with Crippen LogP contribution in [-0.4, -0.2) is 18.3 Å². The molecule has 0 saturated heterocycles. The van der Waals surface area contributed by atoms with Crippen molar-refractivity contribution in [3.63, 3.8) is 0 Å². The summed E-state index contributed by atoms with van der Waals surface area (Å²) in [5, 5.41) is 0. The number of thioether (sulfide) groups is 1. The van der Waals surface area contributed by atoms with Gasteiger partial charge in [-0.3, -0.25) is 4.79 Å². The summed E-state index contributed by atoms with van der Waals surface area (Å²) in [6, 6.07) is 8.87. The lowest BCUT2D eigenvalue weighted by molar-refractivity contribution is -0.143. The fourth-order valence-corrected chi connectivity index (χ4v) is 2.94. The Morgan fingerprint density at radius 3 is 2.33 bits per heavy atom. The first kappa shape index (κ1) is 18.1. The van der Waals surface area contributed by atoms with Gasteiger partial charge in [0.15, 0.2) is 0 Å². The van der Waals surface area contributed by atoms with Gasteiger partial charge in [-0.05, 0) is 48.6 Å². The summed E-state index contributed by atoms with van der Waals surface area (Å²) >= 11 is 1.89. The van der Waals surface area contributed by atoms with Gasteiger partial charge in [-0.2, -0.15) is 0 Å². The molecule has 2 nitrogen and oxygen atoms in total. The highest BCUT2D eigenvalue weighted by Gasteiger charge is 2.12. The fraction of sp³-hybridized carbons (Fsp3) is 0.611. The van der Waals surface area contributed by atoms with E-state index in [0.717, 1.165) is 25.0 Å². The predicted molar refractivity (Wildman–Crippen MR) is 91.0 cm³/mol. The third-order valence-electron chi connectivity index (χ3n) is 3.32. The smallest absolute Gasteiger partial charge is 0.305 e. The van der Waals surface area contributed by atoms with Gasteiger partial charge in [-0.25, -0.2) is 0 Å². The van der Waals surface area contributed by atoms with Crippen molar-refractivity contribution < 1.29 is 9.53 Å². The lowest BCUT2D eigenvalue weighted by atomic mass is 9.87. The van der Waals surface area contributed by atoms with Crippen molar-refractivity contribution in [1.82, 2.24) is 0 Å². The van der Waals surface area contributed by atoms with Gasteiger partial charge in [0.25, 0.3) is 0 Å². The van der Waals surface area contributed by atoms with Crippen LogP contribution in [-0.2, 0) is 14.9 Å². The molecule has 0 aliphatic rings. The molecule has 1 aromatic carbocycles. The highest BCUT2D eigenvalue weighted by Crippen LogP contribution is 2.26. The van der Waals surface area contributed by atoms with Crippen LogP contribution in [0.2, 0.25) is 0 Å². The second-order valence-electron chi connectivity index (χ2n) is 6.24. The van der Waals surface area contributed by atoms with Gasteiger partial charge < -0.3 is 4.74 Å². The molecular formula is C18H28O2S. The minimum absolute atomic E-state index is 0.0667. The van der Waals surface area contributed by atoms with Gasteiger partial charge in [-0.15, -0.1) is 11.8 Å². The molecule has 0 radical (unpaired) electrons. The number of benzene rings is 1. The van der Waals surface area contributed by atoms with Crippen LogP contribution in [0.15, 0.2) is 29.2 Å². The van der Waals surface area contributed by atoms with Crippen molar-refractivity contribution in [2.75, 3.05) is 12.4 Å². The zero-order valence-electron chi connectivity index (χ0n) is 13.8. The summed E-state index contributed by atoms with van der Waals surface area (Å²) in [5.74, 6) is 1.04. The molecule has 0 atom stereocenters. The van der Waals surface area contributed by atoms with Gasteiger partial charge in [0, 0.05) is 11.3 Å². The minimum Gasteiger partial charge on any atom is -0.466 e. The first-order valence-corrected chi connectivity index (χ1v) is 8.81. The largest absolute Gasteiger partial charge is 0.466 e. The number of unbranched alkanes of at least 4 members (excludes halogenated alkanes) is 2. The molecule has 0 bridgehead atoms. The molecule has 1 rings (SSSR count). The van der Waals surface area contributed by atoms with Crippen LogP contribution in [0.4, 0.5) is 0 Å². The molecular weight excluding hydrogens is 280 g/mol. The highest BCUT2D eigenvalue weighted by molar-refractivity contribution is 7.99. The van der Waals surface area contributed by atoms with Gasteiger partial charge in [0.2, 0.25) is 0 Å². The van der Waals surface area contributed by atoms with Crippen molar-refractivity contribution in [2.24, 2.45) is 0 Å². The molecule has 0 aromatic heterocycles. The normalized spacial score (nSPS) is 11.4. The molecule has 0 spiro atoms. The molecule has 0 heterocycles. The molecule has 0 saturated carbocycles. The first-order chi connectivity index (χ1) is 9.93. The van der Waals surface area contributed by atoms with E-state index in [4.69, 9.17) is 4.74 Å². The standard InChI is InChI=1S/C18H28O2S/c1-5-20-17(19)9-7-6-8-14-21-16-12-10-15(11-13-16)18(2,3)4/h10-13H,5-9,14H2,1-4H3. The lowest BCUT2D eigenvalue weighted by Crippen LogP contribution is -2.10. The van der Waals surface area contributed by atoms with Crippen molar-refractivity contribution in [3.8, 4) is 0 Å². The Kier molecular flexibility index (Phi) is 7.87. The Labute approximate surface area is 133 Å². The summed E-state index contributed by atoms with van der Waals surface area (Å²) in [4.78, 5) is 12.5. The van der Waals surface area contributed by atoms with Crippen LogP contribution >= 0.6 is 11.8 Å². The summed E-state index contributed by atoms with van der Waals surface area (Å²) in [7, 11) is 0. The van der Waals surface area contributed by atoms with E-state index in [2.05, 4.69) is 45.0 Å². The molecule has 1 aromatic rings. The van der Waals surface area contributed by atoms with E-state index in [9.17, 15) is 4.79 Å². The van der Waals surface area contributed by atoms with Gasteiger partial charge >= 0.3 is 5.97 Å². The predicted octanol–water partition coefficient (Wildman–Crippen LogP) is 5.20. The maximum Gasteiger partial charge on any atom is 0.305 e. The number of carbonyl (C=O) groups excluding carboxylic acids is 1. The number of ether oxygens (including phenoxy) is 1. The highest BCUT2D eigenvalue weighted by atomic mass is 32.2. The number of hydrogen-bond acceptors (Lipinski definition) is 3. The van der Waals surface area contributed by atoms with Gasteiger partial charge in [-0.1, -0.05) is 39.3 Å². The van der Waals surface area contributed by atoms with E-state index in [1.54, 1.807) is 0 Å². The molecule has 3 heteroatoms. The molecule has 21 heavy (non-hydrogen) atoms. The van der Waals surface area contributed by atoms with E-state index in [1.807, 2.05) is 18.7 Å². The molecule has 0 aliphatic heterocycles. The van der Waals surface area contributed by atoms with Crippen LogP contribution < -0.4 is 0 Å². The second kappa shape index (κ2) is 9.14. The van der Waals surface area contributed by atoms with Crippen LogP contribution in [0.5, 0.6) is 0 Å². The third kappa shape index (κ3) is 7.56. The second-order valence-corrected chi connectivity index (χ2v) is 7.41. The first-order valence-electron chi connectivity index (χ1n) is 7.82. The summed E-state index contributed by atoms with van der Waals surface area (Å²) < 4.78 is 4.91. The molecule has 0 fully saturated rings. The summed E-state index contributed by atoms with van der Waals surface area (Å²) in [5.41, 5.74) is 1.59. The zero-order valence-corrected chi connectivity index (χ0v) is 14.6. The van der Waals surface area contributed by atoms with E-state index in [0.29, 0.717) is 13.0 Å². The molecule has 0 aliphatic carbocycles. The topological polar surface area (TPSA) is 26.3 Å². The molecule has 0 N–H and O–H groups in total. The average molecular weight is 308 g/mol. The maximum absolute atomic E-state index is 11.2. The molecule has 118 valence electrons. The Hall–Kier alpha value is -0.960. The van der Waals surface area contributed by atoms with E-state index in [-0.39, 0.29) is 11.4 Å². The van der Waals surface area contributed by atoms with Crippen molar-refractivity contribution in [1.29, 1.82) is 0 Å². The van der Waals surface area contributed by atoms with Gasteiger partial charge in [0.1, 0.15) is 0 Å².